The van der Waals surface area contributed by atoms with Gasteiger partial charge in [0.2, 0.25) is 0 Å². The van der Waals surface area contributed by atoms with Crippen LogP contribution in [0.25, 0.3) is 0 Å². The normalized spacial score (nSPS) is 22.9. The monoisotopic (exact) mass is 444 g/mol. The number of nitro benzene ring substituents is 1. The van der Waals surface area contributed by atoms with Crippen molar-refractivity contribution in [2.45, 2.75) is 18.7 Å². The first kappa shape index (κ1) is 23.0. The third kappa shape index (κ3) is 3.97. The van der Waals surface area contributed by atoms with Crippen molar-refractivity contribution in [2.75, 3.05) is 14.2 Å². The van der Waals surface area contributed by atoms with Gasteiger partial charge < -0.3 is 14.3 Å². The van der Waals surface area contributed by atoms with E-state index in [0.717, 1.165) is 7.11 Å². The first-order valence-corrected chi connectivity index (χ1v) is 9.23. The van der Waals surface area contributed by atoms with E-state index in [1.54, 1.807) is 30.3 Å². The molecule has 0 amide bonds. The SMILES string of the molecule is COC(=O)C1=C(C)[C@](OO)(c2ccccc2)O[C@@]1(OC)O/N=C/c1ccc([N+](=O)[O-])cc1. The lowest BCUT2D eigenvalue weighted by atomic mass is 9.96. The lowest BCUT2D eigenvalue weighted by molar-refractivity contribution is -0.466. The number of carbonyl (C=O) groups excluding carboxylic acids is 1. The zero-order valence-electron chi connectivity index (χ0n) is 17.4. The Bertz CT molecular complexity index is 1050. The molecule has 32 heavy (non-hydrogen) atoms. The van der Waals surface area contributed by atoms with Gasteiger partial charge in [0.25, 0.3) is 11.5 Å². The lowest BCUT2D eigenvalue weighted by Crippen LogP contribution is -2.43. The average molecular weight is 444 g/mol. The van der Waals surface area contributed by atoms with Gasteiger partial charge in [0.15, 0.2) is 0 Å². The van der Waals surface area contributed by atoms with Gasteiger partial charge in [-0.3, -0.25) is 14.9 Å². The van der Waals surface area contributed by atoms with Crippen LogP contribution >= 0.6 is 0 Å². The smallest absolute Gasteiger partial charge is 0.388 e. The highest BCUT2D eigenvalue weighted by Crippen LogP contribution is 2.50. The summed E-state index contributed by atoms with van der Waals surface area (Å²) in [6.07, 6.45) is 1.24. The maximum absolute atomic E-state index is 12.6. The highest BCUT2D eigenvalue weighted by molar-refractivity contribution is 5.92. The zero-order chi connectivity index (χ0) is 23.4. The standard InChI is InChI=1S/C21H20N2O9/c1-14-18(19(24)28-2)21(29-3,30-20(14,32-27)16-7-5-4-6-8-16)31-22-13-15-9-11-17(12-10-15)23(25)26/h4-13,27H,1-3H3/b22-13+/t20-,21+/m0/s1. The van der Waals surface area contributed by atoms with Crippen molar-refractivity contribution in [1.29, 1.82) is 0 Å². The summed E-state index contributed by atoms with van der Waals surface area (Å²) >= 11 is 0. The van der Waals surface area contributed by atoms with Crippen LogP contribution in [0, 0.1) is 10.1 Å². The summed E-state index contributed by atoms with van der Waals surface area (Å²) in [5.41, 5.74) is 0.623. The Hall–Kier alpha value is -3.64. The van der Waals surface area contributed by atoms with E-state index in [9.17, 15) is 20.2 Å². The Labute approximate surface area is 182 Å². The molecule has 0 fully saturated rings. The topological polar surface area (TPSA) is 139 Å². The van der Waals surface area contributed by atoms with Crippen molar-refractivity contribution in [3.63, 3.8) is 0 Å². The Morgan fingerprint density at radius 2 is 1.81 bits per heavy atom. The van der Waals surface area contributed by atoms with E-state index in [2.05, 4.69) is 5.16 Å². The molecule has 11 heteroatoms. The van der Waals surface area contributed by atoms with Crippen LogP contribution in [0.1, 0.15) is 18.1 Å². The van der Waals surface area contributed by atoms with Crippen molar-refractivity contribution < 1.29 is 38.9 Å². The van der Waals surface area contributed by atoms with Gasteiger partial charge >= 0.3 is 11.9 Å². The molecule has 0 unspecified atom stereocenters. The van der Waals surface area contributed by atoms with Crippen molar-refractivity contribution in [3.05, 3.63) is 87.0 Å². The molecule has 11 nitrogen and oxygen atoms in total. The maximum Gasteiger partial charge on any atom is 0.388 e. The number of carbonyl (C=O) groups is 1. The van der Waals surface area contributed by atoms with E-state index in [4.69, 9.17) is 23.9 Å². The molecule has 0 spiro atoms. The average Bonchev–Trinajstić information content (AvgIpc) is 3.08. The number of nitro groups is 1. The second-order valence-corrected chi connectivity index (χ2v) is 6.60. The number of ether oxygens (including phenoxy) is 3. The molecule has 3 rings (SSSR count). The molecule has 2 aromatic carbocycles. The number of non-ortho nitro benzene ring substituents is 1. The van der Waals surface area contributed by atoms with Gasteiger partial charge in [-0.05, 0) is 24.6 Å². The number of nitrogens with zero attached hydrogens (tertiary/aromatic N) is 2. The first-order chi connectivity index (χ1) is 15.3. The van der Waals surface area contributed by atoms with E-state index in [-0.39, 0.29) is 16.8 Å². The number of hydrogen-bond acceptors (Lipinski definition) is 10. The maximum atomic E-state index is 12.6. The minimum atomic E-state index is -2.23. The molecular weight excluding hydrogens is 424 g/mol. The van der Waals surface area contributed by atoms with Crippen LogP contribution < -0.4 is 0 Å². The van der Waals surface area contributed by atoms with Gasteiger partial charge in [-0.15, -0.1) is 0 Å². The molecule has 1 aliphatic heterocycles. The van der Waals surface area contributed by atoms with E-state index in [0.29, 0.717) is 11.1 Å². The van der Waals surface area contributed by atoms with Crippen LogP contribution in [-0.2, 0) is 34.5 Å². The fourth-order valence-corrected chi connectivity index (χ4v) is 3.25. The summed E-state index contributed by atoms with van der Waals surface area (Å²) in [6.45, 7) is 1.49. The second-order valence-electron chi connectivity index (χ2n) is 6.60. The predicted octanol–water partition coefficient (Wildman–Crippen LogP) is 3.11. The summed E-state index contributed by atoms with van der Waals surface area (Å²) in [5.74, 6) is -5.03. The minimum absolute atomic E-state index is 0.0881. The van der Waals surface area contributed by atoms with E-state index >= 15 is 0 Å². The highest BCUT2D eigenvalue weighted by Gasteiger charge is 2.62. The van der Waals surface area contributed by atoms with Crippen LogP contribution in [0.3, 0.4) is 0 Å². The zero-order valence-corrected chi connectivity index (χ0v) is 17.4. The van der Waals surface area contributed by atoms with E-state index in [1.807, 2.05) is 0 Å². The summed E-state index contributed by atoms with van der Waals surface area (Å²) in [5, 5.41) is 24.4. The number of benzene rings is 2. The van der Waals surface area contributed by atoms with Crippen molar-refractivity contribution >= 4 is 17.9 Å². The van der Waals surface area contributed by atoms with Gasteiger partial charge in [-0.25, -0.2) is 10.1 Å². The largest absolute Gasteiger partial charge is 0.465 e. The van der Waals surface area contributed by atoms with Gasteiger partial charge in [-0.1, -0.05) is 35.5 Å². The Morgan fingerprint density at radius 1 is 1.16 bits per heavy atom. The molecule has 1 aliphatic rings. The fourth-order valence-electron chi connectivity index (χ4n) is 3.25. The molecule has 0 aromatic heterocycles. The number of methoxy groups -OCH3 is 2. The van der Waals surface area contributed by atoms with E-state index in [1.165, 1.54) is 44.5 Å². The molecule has 2 aromatic rings. The Kier molecular flexibility index (Phi) is 6.65. The van der Waals surface area contributed by atoms with Gasteiger partial charge in [-0.2, -0.15) is 4.89 Å². The van der Waals surface area contributed by atoms with Crippen LogP contribution in [0.2, 0.25) is 0 Å². The third-order valence-electron chi connectivity index (χ3n) is 4.87. The van der Waals surface area contributed by atoms with Crippen LogP contribution in [-0.4, -0.2) is 42.6 Å². The summed E-state index contributed by atoms with van der Waals surface area (Å²) in [7, 11) is 2.36. The molecular formula is C21H20N2O9. The summed E-state index contributed by atoms with van der Waals surface area (Å²) in [4.78, 5) is 33.0. The number of rotatable bonds is 8. The van der Waals surface area contributed by atoms with Gasteiger partial charge in [0.05, 0.1) is 18.2 Å². The Morgan fingerprint density at radius 3 is 2.34 bits per heavy atom. The quantitative estimate of drug-likeness (QED) is 0.162. The van der Waals surface area contributed by atoms with Crippen molar-refractivity contribution in [2.24, 2.45) is 5.16 Å². The number of oxime groups is 1. The lowest BCUT2D eigenvalue weighted by Gasteiger charge is -2.31. The number of hydrogen-bond donors (Lipinski definition) is 1. The molecule has 0 saturated carbocycles. The van der Waals surface area contributed by atoms with Crippen LogP contribution in [0.5, 0.6) is 0 Å². The molecule has 0 radical (unpaired) electrons. The second kappa shape index (κ2) is 9.24. The van der Waals surface area contributed by atoms with Gasteiger partial charge in [0, 0.05) is 30.4 Å². The van der Waals surface area contributed by atoms with Crippen LogP contribution in [0.15, 0.2) is 70.9 Å². The minimum Gasteiger partial charge on any atom is -0.465 e. The first-order valence-electron chi connectivity index (χ1n) is 9.23. The molecule has 0 bridgehead atoms. The molecule has 168 valence electrons. The number of esters is 1. The molecule has 1 heterocycles. The fraction of sp³-hybridized carbons (Fsp3) is 0.238. The van der Waals surface area contributed by atoms with Gasteiger partial charge in [0.1, 0.15) is 5.57 Å². The van der Waals surface area contributed by atoms with E-state index < -0.39 is 22.7 Å². The van der Waals surface area contributed by atoms with Crippen molar-refractivity contribution in [3.8, 4) is 0 Å². The molecule has 1 N–H and O–H groups in total. The molecule has 0 aliphatic carbocycles. The summed E-state index contributed by atoms with van der Waals surface area (Å²) in [6, 6.07) is 13.8. The summed E-state index contributed by atoms with van der Waals surface area (Å²) < 4.78 is 16.1. The Balaban J connectivity index is 1.99. The highest BCUT2D eigenvalue weighted by atomic mass is 17.2. The third-order valence-corrected chi connectivity index (χ3v) is 4.87. The van der Waals surface area contributed by atoms with Crippen molar-refractivity contribution in [1.82, 2.24) is 0 Å². The van der Waals surface area contributed by atoms with Crippen LogP contribution in [0.4, 0.5) is 5.69 Å². The molecule has 2 atom stereocenters. The molecule has 0 saturated heterocycles. The predicted molar refractivity (Wildman–Crippen MR) is 109 cm³/mol.